The Bertz CT molecular complexity index is 826. The number of nitrogens with zero attached hydrogens (tertiary/aromatic N) is 4. The summed E-state index contributed by atoms with van der Waals surface area (Å²) in [6.07, 6.45) is -1.49. The number of alkyl halides is 3. The molecule has 0 aliphatic carbocycles. The quantitative estimate of drug-likeness (QED) is 0.715. The summed E-state index contributed by atoms with van der Waals surface area (Å²) in [4.78, 5) is 8.16. The van der Waals surface area contributed by atoms with Gasteiger partial charge >= 0.3 is 6.18 Å². The Morgan fingerprint density at radius 1 is 1.25 bits per heavy atom. The van der Waals surface area contributed by atoms with Crippen molar-refractivity contribution < 1.29 is 22.4 Å². The van der Waals surface area contributed by atoms with Gasteiger partial charge in [0.2, 0.25) is 5.89 Å². The first-order valence-electron chi connectivity index (χ1n) is 6.97. The van der Waals surface area contributed by atoms with Crippen molar-refractivity contribution in [3.63, 3.8) is 0 Å². The molecular weight excluding hydrogens is 325 g/mol. The van der Waals surface area contributed by atoms with Crippen LogP contribution in [-0.2, 0) is 24.1 Å². The molecule has 1 aromatic carbocycles. The highest BCUT2D eigenvalue weighted by molar-refractivity contribution is 5.61. The lowest BCUT2D eigenvalue weighted by Gasteiger charge is -2.13. The van der Waals surface area contributed by atoms with Crippen LogP contribution in [0.1, 0.15) is 17.3 Å². The molecule has 0 radical (unpaired) electrons. The molecule has 126 valence electrons. The summed E-state index contributed by atoms with van der Waals surface area (Å²) in [7, 11) is 1.50. The van der Waals surface area contributed by atoms with E-state index in [9.17, 15) is 13.2 Å². The molecule has 0 N–H and O–H groups in total. The van der Waals surface area contributed by atoms with Gasteiger partial charge in [0.05, 0.1) is 5.56 Å². The average Bonchev–Trinajstić information content (AvgIpc) is 3.17. The zero-order valence-electron chi connectivity index (χ0n) is 12.6. The molecule has 0 unspecified atom stereocenters. The number of ether oxygens (including phenoxy) is 1. The van der Waals surface area contributed by atoms with Crippen LogP contribution < -0.4 is 0 Å². The van der Waals surface area contributed by atoms with E-state index in [0.29, 0.717) is 5.82 Å². The predicted octanol–water partition coefficient (Wildman–Crippen LogP) is 3.15. The maximum atomic E-state index is 13.2. The fraction of sp³-hybridized carbons (Fsp3) is 0.267. The zero-order chi connectivity index (χ0) is 17.2. The minimum atomic E-state index is -4.47. The molecule has 9 heteroatoms. The minimum Gasteiger partial charge on any atom is -0.377 e. The smallest absolute Gasteiger partial charge is 0.377 e. The van der Waals surface area contributed by atoms with Crippen molar-refractivity contribution in [3.8, 4) is 11.4 Å². The average molecular weight is 338 g/mol. The summed E-state index contributed by atoms with van der Waals surface area (Å²) in [5.41, 5.74) is -0.755. The molecule has 3 aromatic rings. The molecule has 0 amide bonds. The van der Waals surface area contributed by atoms with Gasteiger partial charge in [0.1, 0.15) is 19.0 Å². The Balaban J connectivity index is 1.94. The minimum absolute atomic E-state index is 0.00775. The molecule has 3 rings (SSSR count). The van der Waals surface area contributed by atoms with Crippen molar-refractivity contribution in [2.24, 2.45) is 0 Å². The van der Waals surface area contributed by atoms with Crippen LogP contribution >= 0.6 is 0 Å². The Hall–Kier alpha value is -2.68. The van der Waals surface area contributed by atoms with Gasteiger partial charge in [0.25, 0.3) is 0 Å². The van der Waals surface area contributed by atoms with Crippen LogP contribution in [-0.4, -0.2) is 26.8 Å². The number of aromatic nitrogens is 4. The summed E-state index contributed by atoms with van der Waals surface area (Å²) in [6, 6.07) is 5.28. The van der Waals surface area contributed by atoms with Crippen LogP contribution in [0.2, 0.25) is 0 Å². The van der Waals surface area contributed by atoms with Crippen molar-refractivity contribution in [1.82, 2.24) is 19.7 Å². The van der Waals surface area contributed by atoms with Gasteiger partial charge in [0, 0.05) is 25.1 Å². The lowest BCUT2D eigenvalue weighted by Crippen LogP contribution is -2.09. The number of imidazole rings is 1. The predicted molar refractivity (Wildman–Crippen MR) is 76.8 cm³/mol. The monoisotopic (exact) mass is 338 g/mol. The maximum absolute atomic E-state index is 13.2. The fourth-order valence-corrected chi connectivity index (χ4v) is 2.29. The molecule has 6 nitrogen and oxygen atoms in total. The Labute approximate surface area is 134 Å². The van der Waals surface area contributed by atoms with Crippen molar-refractivity contribution in [1.29, 1.82) is 0 Å². The van der Waals surface area contributed by atoms with Gasteiger partial charge in [-0.15, -0.1) is 0 Å². The summed E-state index contributed by atoms with van der Waals surface area (Å²) >= 11 is 0. The highest BCUT2D eigenvalue weighted by Gasteiger charge is 2.34. The lowest BCUT2D eigenvalue weighted by molar-refractivity contribution is -0.137. The molecule has 0 bridgehead atoms. The molecule has 24 heavy (non-hydrogen) atoms. The molecular formula is C15H13F3N4O2. The summed E-state index contributed by atoms with van der Waals surface area (Å²) in [5.74, 6) is 0.796. The molecule has 0 fully saturated rings. The second kappa shape index (κ2) is 6.44. The molecule has 0 saturated carbocycles. The standard InChI is InChI=1S/C15H13F3N4O2/c1-23-9-12-20-13(24-21-12)8-22-7-6-19-14(22)10-4-2-3-5-11(10)15(16,17)18/h2-7H,8-9H2,1H3. The lowest BCUT2D eigenvalue weighted by atomic mass is 10.1. The second-order valence-electron chi connectivity index (χ2n) is 4.96. The highest BCUT2D eigenvalue weighted by atomic mass is 19.4. The van der Waals surface area contributed by atoms with Gasteiger partial charge in [-0.2, -0.15) is 18.2 Å². The number of methoxy groups -OCH3 is 1. The van der Waals surface area contributed by atoms with E-state index in [1.54, 1.807) is 6.20 Å². The van der Waals surface area contributed by atoms with Crippen LogP contribution in [0.15, 0.2) is 41.2 Å². The third kappa shape index (κ3) is 3.30. The van der Waals surface area contributed by atoms with Crippen molar-refractivity contribution in [3.05, 3.63) is 53.9 Å². The summed E-state index contributed by atoms with van der Waals surface area (Å²) in [5, 5.41) is 3.72. The number of halogens is 3. The van der Waals surface area contributed by atoms with Gasteiger partial charge in [-0.3, -0.25) is 0 Å². The van der Waals surface area contributed by atoms with Crippen LogP contribution in [0.25, 0.3) is 11.4 Å². The van der Waals surface area contributed by atoms with E-state index in [1.807, 2.05) is 0 Å². The second-order valence-corrected chi connectivity index (χ2v) is 4.96. The molecule has 0 atom stereocenters. The normalized spacial score (nSPS) is 11.8. The van der Waals surface area contributed by atoms with E-state index in [4.69, 9.17) is 9.26 Å². The van der Waals surface area contributed by atoms with Gasteiger partial charge in [0.15, 0.2) is 5.82 Å². The molecule has 0 spiro atoms. The Kier molecular flexibility index (Phi) is 4.34. The van der Waals surface area contributed by atoms with Gasteiger partial charge in [-0.25, -0.2) is 4.98 Å². The topological polar surface area (TPSA) is 66.0 Å². The van der Waals surface area contributed by atoms with E-state index < -0.39 is 11.7 Å². The summed E-state index contributed by atoms with van der Waals surface area (Å²) < 4.78 is 51.1. The van der Waals surface area contributed by atoms with E-state index in [-0.39, 0.29) is 30.4 Å². The maximum Gasteiger partial charge on any atom is 0.417 e. The van der Waals surface area contributed by atoms with Gasteiger partial charge in [-0.05, 0) is 6.07 Å². The molecule has 0 aliphatic heterocycles. The number of benzene rings is 1. The van der Waals surface area contributed by atoms with E-state index in [2.05, 4.69) is 15.1 Å². The largest absolute Gasteiger partial charge is 0.417 e. The highest BCUT2D eigenvalue weighted by Crippen LogP contribution is 2.36. The molecule has 2 heterocycles. The van der Waals surface area contributed by atoms with Crippen molar-refractivity contribution in [2.75, 3.05) is 7.11 Å². The van der Waals surface area contributed by atoms with Gasteiger partial charge in [-0.1, -0.05) is 23.4 Å². The third-order valence-corrected chi connectivity index (χ3v) is 3.28. The van der Waals surface area contributed by atoms with Crippen LogP contribution in [0.3, 0.4) is 0 Å². The van der Waals surface area contributed by atoms with Crippen molar-refractivity contribution in [2.45, 2.75) is 19.3 Å². The zero-order valence-corrected chi connectivity index (χ0v) is 12.6. The van der Waals surface area contributed by atoms with E-state index in [0.717, 1.165) is 6.07 Å². The third-order valence-electron chi connectivity index (χ3n) is 3.28. The first-order valence-corrected chi connectivity index (χ1v) is 6.97. The van der Waals surface area contributed by atoms with E-state index >= 15 is 0 Å². The Morgan fingerprint density at radius 3 is 2.79 bits per heavy atom. The van der Waals surface area contributed by atoms with E-state index in [1.165, 1.54) is 36.1 Å². The Morgan fingerprint density at radius 2 is 2.04 bits per heavy atom. The first-order chi connectivity index (χ1) is 11.5. The molecule has 2 aromatic heterocycles. The van der Waals surface area contributed by atoms with Crippen LogP contribution in [0.5, 0.6) is 0 Å². The first kappa shape index (κ1) is 16.2. The SMILES string of the molecule is COCc1noc(Cn2ccnc2-c2ccccc2C(F)(F)F)n1. The molecule has 0 saturated heterocycles. The number of hydrogen-bond donors (Lipinski definition) is 0. The number of rotatable bonds is 5. The van der Waals surface area contributed by atoms with Crippen LogP contribution in [0, 0.1) is 0 Å². The van der Waals surface area contributed by atoms with Crippen molar-refractivity contribution >= 4 is 0 Å². The van der Waals surface area contributed by atoms with Gasteiger partial charge < -0.3 is 13.8 Å². The fourth-order valence-electron chi connectivity index (χ4n) is 2.29. The van der Waals surface area contributed by atoms with Crippen LogP contribution in [0.4, 0.5) is 13.2 Å². The summed E-state index contributed by atoms with van der Waals surface area (Å²) in [6.45, 7) is 0.301. The molecule has 0 aliphatic rings. The number of hydrogen-bond acceptors (Lipinski definition) is 5.